The van der Waals surface area contributed by atoms with Gasteiger partial charge < -0.3 is 5.32 Å². The molecule has 1 aromatic carbocycles. The lowest BCUT2D eigenvalue weighted by atomic mass is 10.1. The number of aromatic nitrogens is 4. The Morgan fingerprint density at radius 2 is 1.77 bits per heavy atom. The van der Waals surface area contributed by atoms with Gasteiger partial charge in [-0.2, -0.15) is 0 Å². The van der Waals surface area contributed by atoms with Gasteiger partial charge in [-0.05, 0) is 69.2 Å². The molecule has 5 aromatic rings. The first-order chi connectivity index (χ1) is 16.9. The second-order valence-electron chi connectivity index (χ2n) is 9.02. The van der Waals surface area contributed by atoms with Gasteiger partial charge in [0.1, 0.15) is 5.82 Å². The molecule has 4 heterocycles. The van der Waals surface area contributed by atoms with Crippen molar-refractivity contribution in [3.8, 4) is 11.3 Å². The predicted molar refractivity (Wildman–Crippen MR) is 140 cm³/mol. The van der Waals surface area contributed by atoms with Crippen LogP contribution in [0.25, 0.3) is 32.4 Å². The van der Waals surface area contributed by atoms with Crippen molar-refractivity contribution < 1.29 is 8.42 Å². The average molecular weight is 502 g/mol. The molecular weight excluding hydrogens is 478 g/mol. The van der Waals surface area contributed by atoms with Crippen LogP contribution < -0.4 is 5.32 Å². The largest absolute Gasteiger partial charge is 0.340 e. The maximum absolute atomic E-state index is 13.3. The molecule has 1 saturated carbocycles. The van der Waals surface area contributed by atoms with Crippen molar-refractivity contribution in [3.05, 3.63) is 66.1 Å². The zero-order valence-electron chi connectivity index (χ0n) is 19.3. The molecule has 35 heavy (non-hydrogen) atoms. The van der Waals surface area contributed by atoms with Gasteiger partial charge in [-0.1, -0.05) is 0 Å². The third-order valence-electron chi connectivity index (χ3n) is 6.18. The number of benzene rings is 1. The number of pyridine rings is 3. The smallest absolute Gasteiger partial charge is 0.181 e. The van der Waals surface area contributed by atoms with E-state index in [-0.39, 0.29) is 4.90 Å². The van der Waals surface area contributed by atoms with E-state index in [2.05, 4.69) is 21.4 Å². The Morgan fingerprint density at radius 1 is 0.971 bits per heavy atom. The van der Waals surface area contributed by atoms with Gasteiger partial charge >= 0.3 is 0 Å². The van der Waals surface area contributed by atoms with E-state index < -0.39 is 15.1 Å². The summed E-state index contributed by atoms with van der Waals surface area (Å²) in [4.78, 5) is 18.5. The van der Waals surface area contributed by atoms with E-state index in [0.29, 0.717) is 28.3 Å². The number of rotatable bonds is 6. The first-order valence-electron chi connectivity index (χ1n) is 11.5. The van der Waals surface area contributed by atoms with Gasteiger partial charge in [0.15, 0.2) is 9.84 Å². The molecule has 0 amide bonds. The molecule has 0 unspecified atom stereocenters. The SMILES string of the molecule is CC(C)S(=O)(=O)c1ccnc2cc(-c3ccncc3)nc(Nc3ccc4nc(C5CC5)sc4c3)c12. The standard InChI is InChI=1S/C26H23N5O2S2/c1-15(2)35(32,33)23-9-12-28-21-14-20(16-7-10-27-11-8-16)30-25(24(21)23)29-18-5-6-19-22(13-18)34-26(31-19)17-3-4-17/h5-15,17H,3-4H2,1-2H3,(H,29,30). The van der Waals surface area contributed by atoms with Gasteiger partial charge in [-0.25, -0.2) is 18.4 Å². The van der Waals surface area contributed by atoms with Gasteiger partial charge in [0.25, 0.3) is 0 Å². The molecule has 9 heteroatoms. The van der Waals surface area contributed by atoms with E-state index in [9.17, 15) is 8.42 Å². The molecule has 7 nitrogen and oxygen atoms in total. The summed E-state index contributed by atoms with van der Waals surface area (Å²) in [5.41, 5.74) is 3.92. The van der Waals surface area contributed by atoms with Crippen LogP contribution in [0, 0.1) is 0 Å². The second kappa shape index (κ2) is 8.35. The lowest BCUT2D eigenvalue weighted by Gasteiger charge is -2.16. The fraction of sp³-hybridized carbons (Fsp3) is 0.231. The molecule has 1 aliphatic carbocycles. The number of hydrogen-bond donors (Lipinski definition) is 1. The highest BCUT2D eigenvalue weighted by Gasteiger charge is 2.27. The number of anilines is 2. The molecule has 0 aliphatic heterocycles. The Bertz CT molecular complexity index is 1680. The number of sulfone groups is 1. The summed E-state index contributed by atoms with van der Waals surface area (Å²) < 4.78 is 27.6. The number of nitrogens with zero attached hydrogens (tertiary/aromatic N) is 4. The van der Waals surface area contributed by atoms with Crippen molar-refractivity contribution in [1.82, 2.24) is 19.9 Å². The molecule has 1 N–H and O–H groups in total. The summed E-state index contributed by atoms with van der Waals surface area (Å²) in [6.45, 7) is 3.37. The lowest BCUT2D eigenvalue weighted by molar-refractivity contribution is 0.588. The fourth-order valence-electron chi connectivity index (χ4n) is 4.06. The Morgan fingerprint density at radius 3 is 2.51 bits per heavy atom. The minimum absolute atomic E-state index is 0.226. The molecule has 1 fully saturated rings. The van der Waals surface area contributed by atoms with Crippen LogP contribution in [0.2, 0.25) is 0 Å². The first-order valence-corrected chi connectivity index (χ1v) is 13.9. The summed E-state index contributed by atoms with van der Waals surface area (Å²) in [6.07, 6.45) is 7.37. The third-order valence-corrected chi connectivity index (χ3v) is 9.56. The van der Waals surface area contributed by atoms with Crippen LogP contribution in [-0.2, 0) is 9.84 Å². The summed E-state index contributed by atoms with van der Waals surface area (Å²) in [5.74, 6) is 1.05. The van der Waals surface area contributed by atoms with Gasteiger partial charge in [0.2, 0.25) is 0 Å². The Hall–Kier alpha value is -3.43. The maximum Gasteiger partial charge on any atom is 0.181 e. The number of nitrogens with one attached hydrogen (secondary N) is 1. The van der Waals surface area contributed by atoms with Crippen LogP contribution in [0.3, 0.4) is 0 Å². The van der Waals surface area contributed by atoms with Crippen LogP contribution >= 0.6 is 11.3 Å². The molecule has 0 spiro atoms. The quantitative estimate of drug-likeness (QED) is 0.300. The number of thiazole rings is 1. The zero-order valence-corrected chi connectivity index (χ0v) is 20.9. The van der Waals surface area contributed by atoms with E-state index in [1.807, 2.05) is 30.3 Å². The van der Waals surface area contributed by atoms with Gasteiger partial charge in [-0.3, -0.25) is 9.97 Å². The molecule has 0 radical (unpaired) electrons. The predicted octanol–water partition coefficient (Wildman–Crippen LogP) is 6.10. The highest BCUT2D eigenvalue weighted by molar-refractivity contribution is 7.92. The van der Waals surface area contributed by atoms with E-state index in [1.54, 1.807) is 49.8 Å². The number of hydrogen-bond acceptors (Lipinski definition) is 8. The van der Waals surface area contributed by atoms with Crippen molar-refractivity contribution in [2.75, 3.05) is 5.32 Å². The normalized spacial score (nSPS) is 14.1. The summed E-state index contributed by atoms with van der Waals surface area (Å²) in [5, 5.41) is 4.51. The highest BCUT2D eigenvalue weighted by atomic mass is 32.2. The Labute approximate surface area is 207 Å². The molecule has 6 rings (SSSR count). The minimum Gasteiger partial charge on any atom is -0.340 e. The molecule has 0 saturated heterocycles. The Kier molecular flexibility index (Phi) is 5.26. The van der Waals surface area contributed by atoms with Crippen LogP contribution in [0.5, 0.6) is 0 Å². The van der Waals surface area contributed by atoms with Crippen molar-refractivity contribution >= 4 is 53.8 Å². The second-order valence-corrected chi connectivity index (χ2v) is 12.6. The summed E-state index contributed by atoms with van der Waals surface area (Å²) in [7, 11) is -3.57. The minimum atomic E-state index is -3.57. The van der Waals surface area contributed by atoms with E-state index in [4.69, 9.17) is 9.97 Å². The summed E-state index contributed by atoms with van der Waals surface area (Å²) in [6, 6.07) is 13.1. The van der Waals surface area contributed by atoms with Crippen molar-refractivity contribution in [2.24, 2.45) is 0 Å². The number of fused-ring (bicyclic) bond motifs is 2. The van der Waals surface area contributed by atoms with Crippen LogP contribution in [0.4, 0.5) is 11.5 Å². The van der Waals surface area contributed by atoms with Gasteiger partial charge in [-0.15, -0.1) is 11.3 Å². The monoisotopic (exact) mass is 501 g/mol. The van der Waals surface area contributed by atoms with Crippen molar-refractivity contribution in [3.63, 3.8) is 0 Å². The molecule has 0 atom stereocenters. The van der Waals surface area contributed by atoms with E-state index >= 15 is 0 Å². The van der Waals surface area contributed by atoms with Gasteiger partial charge in [0, 0.05) is 35.8 Å². The third kappa shape index (κ3) is 4.04. The molecule has 1 aliphatic rings. The molecule has 176 valence electrons. The maximum atomic E-state index is 13.3. The lowest BCUT2D eigenvalue weighted by Crippen LogP contribution is -2.15. The van der Waals surface area contributed by atoms with E-state index in [0.717, 1.165) is 21.5 Å². The molecule has 4 aromatic heterocycles. The molecular formula is C26H23N5O2S2. The van der Waals surface area contributed by atoms with E-state index in [1.165, 1.54) is 17.8 Å². The topological polar surface area (TPSA) is 97.7 Å². The van der Waals surface area contributed by atoms with Gasteiger partial charge in [0.05, 0.1) is 42.0 Å². The Balaban J connectivity index is 1.53. The first kappa shape index (κ1) is 22.1. The van der Waals surface area contributed by atoms with Crippen molar-refractivity contribution in [2.45, 2.75) is 42.8 Å². The zero-order chi connectivity index (χ0) is 24.2. The van der Waals surface area contributed by atoms with Crippen LogP contribution in [0.15, 0.2) is 66.0 Å². The van der Waals surface area contributed by atoms with Crippen LogP contribution in [0.1, 0.15) is 37.6 Å². The summed E-state index contributed by atoms with van der Waals surface area (Å²) >= 11 is 1.72. The highest BCUT2D eigenvalue weighted by Crippen LogP contribution is 2.43. The average Bonchev–Trinajstić information content (AvgIpc) is 3.63. The molecule has 0 bridgehead atoms. The van der Waals surface area contributed by atoms with Crippen molar-refractivity contribution in [1.29, 1.82) is 0 Å². The van der Waals surface area contributed by atoms with Crippen LogP contribution in [-0.4, -0.2) is 33.6 Å². The fourth-order valence-corrected chi connectivity index (χ4v) is 6.48.